The van der Waals surface area contributed by atoms with Gasteiger partial charge in [0.1, 0.15) is 0 Å². The number of amides is 1. The third kappa shape index (κ3) is 3.78. The summed E-state index contributed by atoms with van der Waals surface area (Å²) in [6.45, 7) is 1.55. The van der Waals surface area contributed by atoms with Crippen LogP contribution >= 0.6 is 0 Å². The van der Waals surface area contributed by atoms with E-state index in [9.17, 15) is 29.6 Å². The second-order valence-electron chi connectivity index (χ2n) is 5.08. The zero-order chi connectivity index (χ0) is 18.7. The number of carboxylic acid groups (broad SMARTS) is 2. The average molecular weight is 344 g/mol. The van der Waals surface area contributed by atoms with Crippen molar-refractivity contribution < 1.29 is 29.5 Å². The quantitative estimate of drug-likeness (QED) is 0.557. The summed E-state index contributed by atoms with van der Waals surface area (Å²) in [4.78, 5) is 44.7. The number of hydrogen-bond donors (Lipinski definition) is 3. The van der Waals surface area contributed by atoms with Gasteiger partial charge in [0.25, 0.3) is 11.6 Å². The average Bonchev–Trinajstić information content (AvgIpc) is 2.55. The fourth-order valence-electron chi connectivity index (χ4n) is 2.14. The lowest BCUT2D eigenvalue weighted by molar-refractivity contribution is -0.384. The number of nitrogens with zero attached hydrogens (tertiary/aromatic N) is 1. The Labute approximate surface area is 140 Å². The third-order valence-electron chi connectivity index (χ3n) is 3.41. The smallest absolute Gasteiger partial charge is 0.336 e. The van der Waals surface area contributed by atoms with Crippen LogP contribution in [-0.2, 0) is 0 Å². The largest absolute Gasteiger partial charge is 0.478 e. The third-order valence-corrected chi connectivity index (χ3v) is 3.41. The van der Waals surface area contributed by atoms with Gasteiger partial charge in [0.15, 0.2) is 0 Å². The van der Waals surface area contributed by atoms with Crippen LogP contribution < -0.4 is 5.32 Å². The first kappa shape index (κ1) is 17.6. The maximum Gasteiger partial charge on any atom is 0.336 e. The van der Waals surface area contributed by atoms with E-state index in [-0.39, 0.29) is 22.5 Å². The molecule has 0 fully saturated rings. The van der Waals surface area contributed by atoms with Crippen LogP contribution in [0.1, 0.15) is 36.6 Å². The van der Waals surface area contributed by atoms with Gasteiger partial charge in [-0.1, -0.05) is 0 Å². The van der Waals surface area contributed by atoms with E-state index in [4.69, 9.17) is 5.11 Å². The highest BCUT2D eigenvalue weighted by molar-refractivity contribution is 6.11. The van der Waals surface area contributed by atoms with Crippen LogP contribution in [0.2, 0.25) is 0 Å². The number of nitro groups is 1. The van der Waals surface area contributed by atoms with Gasteiger partial charge < -0.3 is 15.5 Å². The Hall–Kier alpha value is -3.75. The van der Waals surface area contributed by atoms with Gasteiger partial charge in [-0.3, -0.25) is 14.9 Å². The van der Waals surface area contributed by atoms with Crippen molar-refractivity contribution in [1.29, 1.82) is 0 Å². The molecule has 0 radical (unpaired) electrons. The van der Waals surface area contributed by atoms with E-state index in [0.717, 1.165) is 18.2 Å². The fourth-order valence-corrected chi connectivity index (χ4v) is 2.14. The number of carbonyl (C=O) groups excluding carboxylic acids is 1. The molecule has 128 valence electrons. The summed E-state index contributed by atoms with van der Waals surface area (Å²) < 4.78 is 0. The predicted molar refractivity (Wildman–Crippen MR) is 86.1 cm³/mol. The molecular formula is C16H12N2O7. The number of carboxylic acids is 2. The minimum absolute atomic E-state index is 0.146. The van der Waals surface area contributed by atoms with Crippen molar-refractivity contribution in [3.8, 4) is 0 Å². The first-order valence-electron chi connectivity index (χ1n) is 6.87. The number of benzene rings is 2. The van der Waals surface area contributed by atoms with Gasteiger partial charge in [-0.25, -0.2) is 9.59 Å². The number of non-ortho nitro benzene ring substituents is 1. The van der Waals surface area contributed by atoms with Gasteiger partial charge in [-0.05, 0) is 36.8 Å². The van der Waals surface area contributed by atoms with E-state index in [1.807, 2.05) is 0 Å². The van der Waals surface area contributed by atoms with E-state index in [2.05, 4.69) is 5.32 Å². The molecule has 9 heteroatoms. The number of aromatic carboxylic acids is 2. The normalized spacial score (nSPS) is 10.1. The monoisotopic (exact) mass is 344 g/mol. The van der Waals surface area contributed by atoms with Gasteiger partial charge in [-0.15, -0.1) is 0 Å². The van der Waals surface area contributed by atoms with E-state index < -0.39 is 28.3 Å². The lowest BCUT2D eigenvalue weighted by atomic mass is 10.0. The van der Waals surface area contributed by atoms with E-state index in [0.29, 0.717) is 5.56 Å². The maximum atomic E-state index is 12.3. The van der Waals surface area contributed by atoms with Crippen LogP contribution in [0.3, 0.4) is 0 Å². The molecule has 2 rings (SSSR count). The van der Waals surface area contributed by atoms with Gasteiger partial charge in [-0.2, -0.15) is 0 Å². The SMILES string of the molecule is Cc1cc([N+](=O)[O-])ccc1NC(=O)c1ccc(C(=O)O)cc1C(=O)O. The van der Waals surface area contributed by atoms with Crippen LogP contribution in [0.4, 0.5) is 11.4 Å². The summed E-state index contributed by atoms with van der Waals surface area (Å²) >= 11 is 0. The number of anilines is 1. The molecule has 25 heavy (non-hydrogen) atoms. The Morgan fingerprint density at radius 1 is 1.00 bits per heavy atom. The zero-order valence-electron chi connectivity index (χ0n) is 12.8. The molecule has 0 saturated heterocycles. The number of nitrogens with one attached hydrogen (secondary N) is 1. The van der Waals surface area contributed by atoms with Crippen molar-refractivity contribution >= 4 is 29.2 Å². The van der Waals surface area contributed by atoms with Crippen LogP contribution in [0.5, 0.6) is 0 Å². The van der Waals surface area contributed by atoms with Gasteiger partial charge in [0.2, 0.25) is 0 Å². The van der Waals surface area contributed by atoms with Crippen LogP contribution in [-0.4, -0.2) is 33.0 Å². The van der Waals surface area contributed by atoms with Crippen molar-refractivity contribution in [2.24, 2.45) is 0 Å². The highest BCUT2D eigenvalue weighted by atomic mass is 16.6. The number of aryl methyl sites for hydroxylation is 1. The fraction of sp³-hybridized carbons (Fsp3) is 0.0625. The molecule has 0 unspecified atom stereocenters. The zero-order valence-corrected chi connectivity index (χ0v) is 12.8. The first-order chi connectivity index (χ1) is 11.7. The molecule has 0 aliphatic heterocycles. The molecule has 0 saturated carbocycles. The summed E-state index contributed by atoms with van der Waals surface area (Å²) in [7, 11) is 0. The number of carbonyl (C=O) groups is 3. The highest BCUT2D eigenvalue weighted by Crippen LogP contribution is 2.22. The van der Waals surface area contributed by atoms with Crippen LogP contribution in [0, 0.1) is 17.0 Å². The summed E-state index contributed by atoms with van der Waals surface area (Å²) in [5.41, 5.74) is -0.406. The highest BCUT2D eigenvalue weighted by Gasteiger charge is 2.20. The summed E-state index contributed by atoms with van der Waals surface area (Å²) in [5, 5.41) is 31.3. The van der Waals surface area contributed by atoms with Gasteiger partial charge in [0.05, 0.1) is 21.6 Å². The molecule has 0 aromatic heterocycles. The second-order valence-corrected chi connectivity index (χ2v) is 5.08. The van der Waals surface area contributed by atoms with Gasteiger partial charge in [0, 0.05) is 17.8 Å². The first-order valence-corrected chi connectivity index (χ1v) is 6.87. The topological polar surface area (TPSA) is 147 Å². The Kier molecular flexibility index (Phi) is 4.78. The minimum atomic E-state index is -1.45. The minimum Gasteiger partial charge on any atom is -0.478 e. The molecule has 9 nitrogen and oxygen atoms in total. The molecule has 3 N–H and O–H groups in total. The Morgan fingerprint density at radius 3 is 2.20 bits per heavy atom. The Balaban J connectivity index is 2.37. The number of rotatable bonds is 5. The lowest BCUT2D eigenvalue weighted by Gasteiger charge is -2.10. The second kappa shape index (κ2) is 6.79. The Morgan fingerprint density at radius 2 is 1.68 bits per heavy atom. The van der Waals surface area contributed by atoms with E-state index in [1.54, 1.807) is 6.92 Å². The molecule has 0 bridgehead atoms. The molecule has 0 atom stereocenters. The molecule has 1 amide bonds. The number of nitro benzene ring substituents is 1. The summed E-state index contributed by atoms with van der Waals surface area (Å²) in [6, 6.07) is 6.91. The molecular weight excluding hydrogens is 332 g/mol. The van der Waals surface area contributed by atoms with Crippen molar-refractivity contribution in [2.45, 2.75) is 6.92 Å². The maximum absolute atomic E-state index is 12.3. The standard InChI is InChI=1S/C16H12N2O7/c1-8-6-10(18(24)25)3-5-13(8)17-14(19)11-4-2-9(15(20)21)7-12(11)16(22)23/h2-7H,1H3,(H,17,19)(H,20,21)(H,22,23). The van der Waals surface area contributed by atoms with Crippen molar-refractivity contribution in [2.75, 3.05) is 5.32 Å². The lowest BCUT2D eigenvalue weighted by Crippen LogP contribution is -2.18. The van der Waals surface area contributed by atoms with Crippen molar-refractivity contribution in [1.82, 2.24) is 0 Å². The van der Waals surface area contributed by atoms with Crippen molar-refractivity contribution in [3.05, 3.63) is 68.8 Å². The van der Waals surface area contributed by atoms with E-state index >= 15 is 0 Å². The van der Waals surface area contributed by atoms with Crippen LogP contribution in [0.15, 0.2) is 36.4 Å². The van der Waals surface area contributed by atoms with Crippen molar-refractivity contribution in [3.63, 3.8) is 0 Å². The molecule has 0 aliphatic carbocycles. The molecule has 2 aromatic carbocycles. The van der Waals surface area contributed by atoms with Gasteiger partial charge >= 0.3 is 11.9 Å². The predicted octanol–water partition coefficient (Wildman–Crippen LogP) is 2.55. The number of hydrogen-bond acceptors (Lipinski definition) is 5. The summed E-state index contributed by atoms with van der Waals surface area (Å²) in [5.74, 6) is -3.54. The Bertz CT molecular complexity index is 905. The van der Waals surface area contributed by atoms with Crippen LogP contribution in [0.25, 0.3) is 0 Å². The van der Waals surface area contributed by atoms with E-state index in [1.165, 1.54) is 18.2 Å². The summed E-state index contributed by atoms with van der Waals surface area (Å²) in [6.07, 6.45) is 0. The molecule has 0 heterocycles. The molecule has 0 aliphatic rings. The molecule has 2 aromatic rings. The molecule has 0 spiro atoms.